The zero-order chi connectivity index (χ0) is 8.97. The van der Waals surface area contributed by atoms with E-state index in [4.69, 9.17) is 5.41 Å². The lowest BCUT2D eigenvalue weighted by atomic mass is 10.1. The van der Waals surface area contributed by atoms with E-state index < -0.39 is 0 Å². The van der Waals surface area contributed by atoms with Crippen LogP contribution in [0.25, 0.3) is 0 Å². The molecule has 1 rings (SSSR count). The molecule has 2 nitrogen and oxygen atoms in total. The molecule has 0 amide bonds. The van der Waals surface area contributed by atoms with Crippen molar-refractivity contribution >= 4 is 11.9 Å². The molecule has 0 saturated heterocycles. The Hall–Kier alpha value is -1.31. The number of hydrogen-bond acceptors (Lipinski definition) is 2. The summed E-state index contributed by atoms with van der Waals surface area (Å²) in [5.74, 6) is 0. The highest BCUT2D eigenvalue weighted by atomic mass is 14.8. The van der Waals surface area contributed by atoms with Gasteiger partial charge in [0.2, 0.25) is 0 Å². The largest absolute Gasteiger partial charge is 0.388 e. The van der Waals surface area contributed by atoms with Gasteiger partial charge < -0.3 is 10.7 Å². The molecule has 64 valence electrons. The second-order valence-corrected chi connectivity index (χ2v) is 2.67. The van der Waals surface area contributed by atoms with E-state index in [0.717, 1.165) is 17.7 Å². The molecular weight excluding hydrogens is 148 g/mol. The molecule has 0 radical (unpaired) electrons. The smallest absolute Gasteiger partial charge is 0.0429 e. The molecule has 0 heterocycles. The molecule has 1 aromatic rings. The summed E-state index contributed by atoms with van der Waals surface area (Å²) < 4.78 is 0. The maximum atomic E-state index is 7.15. The Morgan fingerprint density at radius 2 is 2.25 bits per heavy atom. The summed E-state index contributed by atoms with van der Waals surface area (Å²) in [6, 6.07) is 6.11. The van der Waals surface area contributed by atoms with Gasteiger partial charge in [0.05, 0.1) is 0 Å². The zero-order valence-corrected chi connectivity index (χ0v) is 7.52. The van der Waals surface area contributed by atoms with Gasteiger partial charge in [0.15, 0.2) is 0 Å². The third-order valence-corrected chi connectivity index (χ3v) is 1.95. The molecule has 0 aliphatic rings. The van der Waals surface area contributed by atoms with E-state index in [0.29, 0.717) is 0 Å². The third-order valence-electron chi connectivity index (χ3n) is 1.95. The minimum absolute atomic E-state index is 0.940. The van der Waals surface area contributed by atoms with Gasteiger partial charge in [0.25, 0.3) is 0 Å². The van der Waals surface area contributed by atoms with Gasteiger partial charge in [0.1, 0.15) is 0 Å². The molecule has 1 aromatic carbocycles. The molecule has 0 bridgehead atoms. The number of hydrogen-bond donors (Lipinski definition) is 2. The Bertz CT molecular complexity index is 279. The summed E-state index contributed by atoms with van der Waals surface area (Å²) in [4.78, 5) is 0. The molecule has 12 heavy (non-hydrogen) atoms. The lowest BCUT2D eigenvalue weighted by Crippen LogP contribution is -1.95. The Morgan fingerprint density at radius 3 is 2.75 bits per heavy atom. The van der Waals surface area contributed by atoms with Crippen LogP contribution in [-0.4, -0.2) is 13.3 Å². The Morgan fingerprint density at radius 1 is 1.50 bits per heavy atom. The fraction of sp³-hybridized carbons (Fsp3) is 0.300. The van der Waals surface area contributed by atoms with Gasteiger partial charge in [-0.05, 0) is 18.1 Å². The molecule has 0 fully saturated rings. The van der Waals surface area contributed by atoms with Crippen LogP contribution >= 0.6 is 0 Å². The maximum Gasteiger partial charge on any atom is 0.0429 e. The monoisotopic (exact) mass is 162 g/mol. The second-order valence-electron chi connectivity index (χ2n) is 2.67. The molecule has 0 atom stereocenters. The van der Waals surface area contributed by atoms with Crippen molar-refractivity contribution in [3.05, 3.63) is 29.3 Å². The van der Waals surface area contributed by atoms with Crippen molar-refractivity contribution in [1.82, 2.24) is 0 Å². The van der Waals surface area contributed by atoms with Gasteiger partial charge in [-0.15, -0.1) is 0 Å². The van der Waals surface area contributed by atoms with E-state index in [1.165, 1.54) is 11.8 Å². The van der Waals surface area contributed by atoms with Gasteiger partial charge >= 0.3 is 0 Å². The fourth-order valence-corrected chi connectivity index (χ4v) is 1.17. The highest BCUT2D eigenvalue weighted by Gasteiger charge is 1.97. The molecule has 2 heteroatoms. The topological polar surface area (TPSA) is 35.9 Å². The first kappa shape index (κ1) is 8.78. The molecular formula is C10H14N2. The number of anilines is 1. The zero-order valence-electron chi connectivity index (χ0n) is 7.52. The molecule has 0 aliphatic carbocycles. The Balaban J connectivity index is 3.10. The van der Waals surface area contributed by atoms with Crippen LogP contribution in [0.4, 0.5) is 5.69 Å². The standard InChI is InChI=1S/C10H14N2/c1-3-8-4-5-9(7-11)10(6-8)12-2/h4-7,11-12H,3H2,1-2H3. The minimum atomic E-state index is 0.940. The van der Waals surface area contributed by atoms with Gasteiger partial charge in [-0.1, -0.05) is 19.1 Å². The van der Waals surface area contributed by atoms with Crippen LogP contribution in [0.2, 0.25) is 0 Å². The van der Waals surface area contributed by atoms with Crippen molar-refractivity contribution in [3.8, 4) is 0 Å². The summed E-state index contributed by atoms with van der Waals surface area (Å²) in [5.41, 5.74) is 3.27. The van der Waals surface area contributed by atoms with Crippen LogP contribution in [0.3, 0.4) is 0 Å². The average molecular weight is 162 g/mol. The average Bonchev–Trinajstić information content (AvgIpc) is 2.16. The number of nitrogens with one attached hydrogen (secondary N) is 2. The first-order chi connectivity index (χ1) is 5.81. The van der Waals surface area contributed by atoms with Crippen LogP contribution in [0.5, 0.6) is 0 Å². The number of rotatable bonds is 3. The van der Waals surface area contributed by atoms with E-state index in [-0.39, 0.29) is 0 Å². The van der Waals surface area contributed by atoms with Crippen LogP contribution < -0.4 is 5.32 Å². The van der Waals surface area contributed by atoms with Crippen molar-refractivity contribution in [2.45, 2.75) is 13.3 Å². The fourth-order valence-electron chi connectivity index (χ4n) is 1.17. The van der Waals surface area contributed by atoms with Gasteiger partial charge in [-0.25, -0.2) is 0 Å². The van der Waals surface area contributed by atoms with Crippen molar-refractivity contribution < 1.29 is 0 Å². The summed E-state index contributed by atoms with van der Waals surface area (Å²) in [7, 11) is 1.88. The molecule has 0 aliphatic heterocycles. The van der Waals surface area contributed by atoms with E-state index in [2.05, 4.69) is 24.4 Å². The quantitative estimate of drug-likeness (QED) is 0.657. The van der Waals surface area contributed by atoms with Gasteiger partial charge in [-0.3, -0.25) is 0 Å². The van der Waals surface area contributed by atoms with E-state index in [9.17, 15) is 0 Å². The summed E-state index contributed by atoms with van der Waals surface area (Å²) >= 11 is 0. The van der Waals surface area contributed by atoms with Crippen LogP contribution in [0.1, 0.15) is 18.1 Å². The van der Waals surface area contributed by atoms with Crippen LogP contribution in [0, 0.1) is 5.41 Å². The Labute approximate surface area is 73.1 Å². The van der Waals surface area contributed by atoms with Crippen molar-refractivity contribution in [1.29, 1.82) is 5.41 Å². The van der Waals surface area contributed by atoms with Crippen molar-refractivity contribution in [2.24, 2.45) is 0 Å². The lowest BCUT2D eigenvalue weighted by Gasteiger charge is -2.06. The van der Waals surface area contributed by atoms with Crippen molar-refractivity contribution in [2.75, 3.05) is 12.4 Å². The minimum Gasteiger partial charge on any atom is -0.388 e. The Kier molecular flexibility index (Phi) is 2.86. The van der Waals surface area contributed by atoms with Crippen LogP contribution in [-0.2, 0) is 6.42 Å². The van der Waals surface area contributed by atoms with Gasteiger partial charge in [0, 0.05) is 24.5 Å². The van der Waals surface area contributed by atoms with E-state index in [1.807, 2.05) is 13.1 Å². The third kappa shape index (κ3) is 1.64. The lowest BCUT2D eigenvalue weighted by molar-refractivity contribution is 1.14. The molecule has 0 aromatic heterocycles. The SMILES string of the molecule is CCc1ccc(C=N)c(NC)c1. The highest BCUT2D eigenvalue weighted by molar-refractivity contribution is 5.85. The highest BCUT2D eigenvalue weighted by Crippen LogP contribution is 2.15. The molecule has 0 unspecified atom stereocenters. The number of benzene rings is 1. The number of aryl methyl sites for hydroxylation is 1. The first-order valence-electron chi connectivity index (χ1n) is 4.13. The molecule has 0 saturated carbocycles. The predicted molar refractivity (Wildman–Crippen MR) is 53.3 cm³/mol. The second kappa shape index (κ2) is 3.90. The van der Waals surface area contributed by atoms with E-state index >= 15 is 0 Å². The van der Waals surface area contributed by atoms with E-state index in [1.54, 1.807) is 0 Å². The normalized spacial score (nSPS) is 9.50. The molecule has 0 spiro atoms. The predicted octanol–water partition coefficient (Wildman–Crippen LogP) is 2.29. The first-order valence-corrected chi connectivity index (χ1v) is 4.13. The van der Waals surface area contributed by atoms with Crippen molar-refractivity contribution in [3.63, 3.8) is 0 Å². The molecule has 2 N–H and O–H groups in total. The summed E-state index contributed by atoms with van der Waals surface area (Å²) in [6.45, 7) is 2.12. The summed E-state index contributed by atoms with van der Waals surface area (Å²) in [6.07, 6.45) is 2.40. The van der Waals surface area contributed by atoms with Gasteiger partial charge in [-0.2, -0.15) is 0 Å². The van der Waals surface area contributed by atoms with Crippen LogP contribution in [0.15, 0.2) is 18.2 Å². The maximum absolute atomic E-state index is 7.15. The summed E-state index contributed by atoms with van der Waals surface area (Å²) in [5, 5.41) is 10.2.